The van der Waals surface area contributed by atoms with Crippen LogP contribution in [0.3, 0.4) is 0 Å². The molecule has 21 heavy (non-hydrogen) atoms. The molecule has 2 heterocycles. The van der Waals surface area contributed by atoms with E-state index in [9.17, 15) is 8.42 Å². The van der Waals surface area contributed by atoms with E-state index in [1.54, 1.807) is 10.5 Å². The molecular weight excluding hydrogens is 286 g/mol. The van der Waals surface area contributed by atoms with E-state index in [4.69, 9.17) is 0 Å². The lowest BCUT2D eigenvalue weighted by Gasteiger charge is -2.37. The van der Waals surface area contributed by atoms with E-state index in [2.05, 4.69) is 5.32 Å². The van der Waals surface area contributed by atoms with Crippen molar-refractivity contribution in [2.75, 3.05) is 7.05 Å². The molecule has 0 amide bonds. The van der Waals surface area contributed by atoms with Gasteiger partial charge in [-0.25, -0.2) is 8.42 Å². The summed E-state index contributed by atoms with van der Waals surface area (Å²) in [7, 11) is -1.53. The van der Waals surface area contributed by atoms with Crippen molar-refractivity contribution in [3.8, 4) is 0 Å². The lowest BCUT2D eigenvalue weighted by atomic mass is 10.0. The van der Waals surface area contributed by atoms with Crippen molar-refractivity contribution in [1.29, 1.82) is 0 Å². The van der Waals surface area contributed by atoms with E-state index < -0.39 is 10.0 Å². The van der Waals surface area contributed by atoms with Crippen LogP contribution < -0.4 is 5.32 Å². The van der Waals surface area contributed by atoms with Gasteiger partial charge in [0.15, 0.2) is 0 Å². The predicted molar refractivity (Wildman–Crippen MR) is 84.7 cm³/mol. The number of nitrogens with one attached hydrogen (secondary N) is 1. The molecule has 0 spiro atoms. The van der Waals surface area contributed by atoms with Crippen molar-refractivity contribution in [1.82, 2.24) is 14.2 Å². The van der Waals surface area contributed by atoms with E-state index in [0.29, 0.717) is 11.4 Å². The fourth-order valence-electron chi connectivity index (χ4n) is 3.28. The van der Waals surface area contributed by atoms with Gasteiger partial charge < -0.3 is 9.88 Å². The topological polar surface area (TPSA) is 54.3 Å². The Morgan fingerprint density at radius 3 is 2.43 bits per heavy atom. The van der Waals surface area contributed by atoms with Gasteiger partial charge in [-0.05, 0) is 46.7 Å². The molecule has 2 rings (SSSR count). The summed E-state index contributed by atoms with van der Waals surface area (Å²) in [4.78, 5) is 0.426. The maximum Gasteiger partial charge on any atom is 0.245 e. The second kappa shape index (κ2) is 6.50. The number of hydrogen-bond donors (Lipinski definition) is 1. The van der Waals surface area contributed by atoms with Crippen LogP contribution in [0.5, 0.6) is 0 Å². The van der Waals surface area contributed by atoms with Gasteiger partial charge in [0.1, 0.15) is 4.90 Å². The van der Waals surface area contributed by atoms with Gasteiger partial charge >= 0.3 is 0 Å². The minimum atomic E-state index is -3.41. The molecule has 5 nitrogen and oxygen atoms in total. The zero-order valence-electron chi connectivity index (χ0n) is 13.5. The lowest BCUT2D eigenvalue weighted by molar-refractivity contribution is 0.204. The Morgan fingerprint density at radius 1 is 1.29 bits per heavy atom. The second-order valence-corrected chi connectivity index (χ2v) is 7.79. The highest BCUT2D eigenvalue weighted by atomic mass is 32.2. The average Bonchev–Trinajstić information content (AvgIpc) is 2.82. The van der Waals surface area contributed by atoms with Crippen LogP contribution >= 0.6 is 0 Å². The molecule has 1 saturated heterocycles. The molecule has 1 aromatic rings. The predicted octanol–water partition coefficient (Wildman–Crippen LogP) is 2.18. The first-order chi connectivity index (χ1) is 9.91. The molecule has 1 N–H and O–H groups in total. The highest BCUT2D eigenvalue weighted by Crippen LogP contribution is 2.30. The summed E-state index contributed by atoms with van der Waals surface area (Å²) in [6.45, 7) is 7.50. The van der Waals surface area contributed by atoms with Crippen LogP contribution in [-0.4, -0.2) is 36.4 Å². The third-order valence-corrected chi connectivity index (χ3v) is 6.44. The number of rotatable bonds is 5. The number of aryl methyl sites for hydroxylation is 1. The Bertz CT molecular complexity index is 570. The molecule has 0 aromatic carbocycles. The zero-order valence-corrected chi connectivity index (χ0v) is 14.3. The molecule has 0 radical (unpaired) electrons. The first kappa shape index (κ1) is 16.5. The van der Waals surface area contributed by atoms with E-state index in [0.717, 1.165) is 31.5 Å². The van der Waals surface area contributed by atoms with E-state index in [1.165, 1.54) is 0 Å². The molecule has 120 valence electrons. The summed E-state index contributed by atoms with van der Waals surface area (Å²) < 4.78 is 29.7. The van der Waals surface area contributed by atoms with Gasteiger partial charge in [0.25, 0.3) is 0 Å². The molecule has 2 atom stereocenters. The fourth-order valence-corrected chi connectivity index (χ4v) is 5.23. The molecule has 0 aliphatic carbocycles. The highest BCUT2D eigenvalue weighted by molar-refractivity contribution is 7.89. The summed E-state index contributed by atoms with van der Waals surface area (Å²) in [5.74, 6) is 0. The van der Waals surface area contributed by atoms with Crippen LogP contribution in [0.4, 0.5) is 0 Å². The highest BCUT2D eigenvalue weighted by Gasteiger charge is 2.36. The summed E-state index contributed by atoms with van der Waals surface area (Å²) in [5, 5.41) is 3.09. The van der Waals surface area contributed by atoms with Gasteiger partial charge in [-0.15, -0.1) is 0 Å². The number of hydrogen-bond acceptors (Lipinski definition) is 3. The van der Waals surface area contributed by atoms with Gasteiger partial charge in [-0.3, -0.25) is 0 Å². The van der Waals surface area contributed by atoms with E-state index >= 15 is 0 Å². The van der Waals surface area contributed by atoms with Crippen LogP contribution in [0.25, 0.3) is 0 Å². The molecule has 2 unspecified atom stereocenters. The molecule has 1 aliphatic rings. The smallest absolute Gasteiger partial charge is 0.245 e. The number of piperidine rings is 1. The Kier molecular flexibility index (Phi) is 5.11. The molecule has 6 heteroatoms. The minimum absolute atomic E-state index is 0.0801. The Balaban J connectivity index is 2.38. The van der Waals surface area contributed by atoms with Crippen LogP contribution in [0.2, 0.25) is 0 Å². The van der Waals surface area contributed by atoms with E-state index in [1.807, 2.05) is 38.5 Å². The quantitative estimate of drug-likeness (QED) is 0.906. The molecule has 1 aromatic heterocycles. The number of nitrogens with zero attached hydrogens (tertiary/aromatic N) is 2. The van der Waals surface area contributed by atoms with Gasteiger partial charge in [0.2, 0.25) is 10.0 Å². The second-order valence-electron chi connectivity index (χ2n) is 5.95. The summed E-state index contributed by atoms with van der Waals surface area (Å²) in [6, 6.07) is 1.97. The molecule has 0 bridgehead atoms. The third kappa shape index (κ3) is 3.17. The van der Waals surface area contributed by atoms with Crippen molar-refractivity contribution in [3.63, 3.8) is 0 Å². The summed E-state index contributed by atoms with van der Waals surface area (Å²) in [5.41, 5.74) is 1.01. The third-order valence-electron chi connectivity index (χ3n) is 4.35. The lowest BCUT2D eigenvalue weighted by Crippen LogP contribution is -2.47. The fraction of sp³-hybridized carbons (Fsp3) is 0.733. The van der Waals surface area contributed by atoms with Crippen LogP contribution in [0, 0.1) is 0 Å². The minimum Gasteiger partial charge on any atom is -0.349 e. The van der Waals surface area contributed by atoms with Gasteiger partial charge in [0, 0.05) is 37.1 Å². The molecule has 1 aliphatic heterocycles. The molecule has 1 fully saturated rings. The van der Waals surface area contributed by atoms with Crippen LogP contribution in [0.15, 0.2) is 17.2 Å². The summed E-state index contributed by atoms with van der Waals surface area (Å²) in [6.07, 6.45) is 4.77. The Hall–Kier alpha value is -0.850. The number of aromatic nitrogens is 1. The van der Waals surface area contributed by atoms with Gasteiger partial charge in [0.05, 0.1) is 0 Å². The molecule has 0 saturated carbocycles. The summed E-state index contributed by atoms with van der Waals surface area (Å²) >= 11 is 0. The van der Waals surface area contributed by atoms with Crippen molar-refractivity contribution in [3.05, 3.63) is 18.0 Å². The van der Waals surface area contributed by atoms with Gasteiger partial charge in [-0.1, -0.05) is 6.42 Å². The average molecular weight is 313 g/mol. The van der Waals surface area contributed by atoms with Crippen molar-refractivity contribution in [2.24, 2.45) is 0 Å². The normalized spacial score (nSPS) is 24.4. The first-order valence-corrected chi connectivity index (χ1v) is 9.23. The largest absolute Gasteiger partial charge is 0.349 e. The van der Waals surface area contributed by atoms with Crippen LogP contribution in [0.1, 0.15) is 45.7 Å². The molecular formula is C15H27N3O2S. The van der Waals surface area contributed by atoms with Crippen molar-refractivity contribution < 1.29 is 8.42 Å². The zero-order chi connectivity index (χ0) is 15.6. The SMILES string of the molecule is CCn1cc(S(=O)(=O)N2C(C)CCCC2C)cc1CNC. The van der Waals surface area contributed by atoms with Crippen molar-refractivity contribution >= 4 is 10.0 Å². The number of sulfonamides is 1. The maximum absolute atomic E-state index is 13.0. The monoisotopic (exact) mass is 313 g/mol. The van der Waals surface area contributed by atoms with Gasteiger partial charge in [-0.2, -0.15) is 4.31 Å². The standard InChI is InChI=1S/C15H27N3O2S/c1-5-17-11-15(9-14(17)10-16-4)21(19,20)18-12(2)7-6-8-13(18)3/h9,11-13,16H,5-8,10H2,1-4H3. The maximum atomic E-state index is 13.0. The Labute approximate surface area is 128 Å². The van der Waals surface area contributed by atoms with Crippen molar-refractivity contribution in [2.45, 2.75) is 70.1 Å². The Morgan fingerprint density at radius 2 is 1.90 bits per heavy atom. The van der Waals surface area contributed by atoms with E-state index in [-0.39, 0.29) is 12.1 Å². The van der Waals surface area contributed by atoms with Crippen LogP contribution in [-0.2, 0) is 23.1 Å². The first-order valence-electron chi connectivity index (χ1n) is 7.79.